The maximum Gasteiger partial charge on any atom is 0.471 e. The molecule has 1 heterocycles. The van der Waals surface area contributed by atoms with Crippen LogP contribution in [0.4, 0.5) is 13.2 Å². The minimum Gasteiger partial charge on any atom is -0.332 e. The Morgan fingerprint density at radius 1 is 1.40 bits per heavy atom. The summed E-state index contributed by atoms with van der Waals surface area (Å²) in [4.78, 5) is 12.0. The molecule has 1 aliphatic rings. The van der Waals surface area contributed by atoms with Crippen molar-refractivity contribution in [2.75, 3.05) is 13.1 Å². The van der Waals surface area contributed by atoms with E-state index in [-0.39, 0.29) is 12.6 Å². The summed E-state index contributed by atoms with van der Waals surface area (Å²) in [6.07, 6.45) is -2.18. The fraction of sp³-hybridized carbons (Fsp3) is 0.889. The van der Waals surface area contributed by atoms with Crippen LogP contribution < -0.4 is 5.73 Å². The molecule has 1 amide bonds. The number of hydrogen-bond acceptors (Lipinski definition) is 2. The Morgan fingerprint density at radius 2 is 2.07 bits per heavy atom. The van der Waals surface area contributed by atoms with Crippen LogP contribution in [0.2, 0.25) is 0 Å². The van der Waals surface area contributed by atoms with E-state index in [9.17, 15) is 18.0 Å². The molecule has 0 spiro atoms. The second-order valence-electron chi connectivity index (χ2n) is 3.72. The van der Waals surface area contributed by atoms with E-state index in [0.29, 0.717) is 25.8 Å². The number of hydrogen-bond donors (Lipinski definition) is 1. The summed E-state index contributed by atoms with van der Waals surface area (Å²) in [6.45, 7) is 0.509. The zero-order valence-corrected chi connectivity index (χ0v) is 8.39. The molecule has 0 aromatic rings. The molecule has 2 N–H and O–H groups in total. The van der Waals surface area contributed by atoms with Gasteiger partial charge in [-0.2, -0.15) is 13.2 Å². The number of likely N-dealkylation sites (tertiary alicyclic amines) is 1. The van der Waals surface area contributed by atoms with Gasteiger partial charge in [-0.25, -0.2) is 0 Å². The topological polar surface area (TPSA) is 46.3 Å². The Balaban J connectivity index is 2.67. The molecule has 0 bridgehead atoms. The molecule has 3 nitrogen and oxygen atoms in total. The van der Waals surface area contributed by atoms with Crippen molar-refractivity contribution in [3.05, 3.63) is 0 Å². The van der Waals surface area contributed by atoms with Gasteiger partial charge in [-0.05, 0) is 32.2 Å². The number of alkyl halides is 3. The molecule has 0 saturated carbocycles. The van der Waals surface area contributed by atoms with Gasteiger partial charge in [0, 0.05) is 12.6 Å². The minimum atomic E-state index is -4.76. The number of piperidine rings is 1. The normalized spacial score (nSPS) is 22.9. The summed E-state index contributed by atoms with van der Waals surface area (Å²) in [5.74, 6) is -1.72. The van der Waals surface area contributed by atoms with Gasteiger partial charge in [0.1, 0.15) is 0 Å². The molecular weight excluding hydrogens is 209 g/mol. The minimum absolute atomic E-state index is 0.197. The Morgan fingerprint density at radius 3 is 2.60 bits per heavy atom. The molecule has 15 heavy (non-hydrogen) atoms. The SMILES string of the molecule is NCCC1CCCCN1C(=O)C(F)(F)F. The Labute approximate surface area is 86.4 Å². The largest absolute Gasteiger partial charge is 0.471 e. The molecule has 0 radical (unpaired) electrons. The van der Waals surface area contributed by atoms with E-state index in [1.54, 1.807) is 0 Å². The average molecular weight is 224 g/mol. The van der Waals surface area contributed by atoms with Gasteiger partial charge < -0.3 is 10.6 Å². The third kappa shape index (κ3) is 3.09. The Kier molecular flexibility index (Phi) is 3.96. The van der Waals surface area contributed by atoms with Crippen LogP contribution in [0.15, 0.2) is 0 Å². The summed E-state index contributed by atoms with van der Waals surface area (Å²) in [5, 5.41) is 0. The molecule has 1 rings (SSSR count). The van der Waals surface area contributed by atoms with Crippen LogP contribution in [0.5, 0.6) is 0 Å². The number of nitrogens with two attached hydrogens (primary N) is 1. The number of halogens is 3. The van der Waals surface area contributed by atoms with Crippen LogP contribution in [-0.2, 0) is 4.79 Å². The molecule has 1 aliphatic heterocycles. The lowest BCUT2D eigenvalue weighted by molar-refractivity contribution is -0.189. The first-order valence-electron chi connectivity index (χ1n) is 5.04. The van der Waals surface area contributed by atoms with E-state index in [1.165, 1.54) is 0 Å². The van der Waals surface area contributed by atoms with Crippen LogP contribution in [0.1, 0.15) is 25.7 Å². The summed E-state index contributed by atoms with van der Waals surface area (Å²) in [6, 6.07) is -0.335. The zero-order chi connectivity index (χ0) is 11.5. The number of carbonyl (C=O) groups excluding carboxylic acids is 1. The zero-order valence-electron chi connectivity index (χ0n) is 8.39. The first-order chi connectivity index (χ1) is 6.96. The van der Waals surface area contributed by atoms with Gasteiger partial charge in [0.2, 0.25) is 0 Å². The van der Waals surface area contributed by atoms with Crippen molar-refractivity contribution >= 4 is 5.91 Å². The standard InChI is InChI=1S/C9H15F3N2O/c10-9(11,12)8(15)14-6-2-1-3-7(14)4-5-13/h7H,1-6,13H2. The molecule has 0 aromatic heterocycles. The maximum atomic E-state index is 12.2. The summed E-state index contributed by atoms with van der Waals surface area (Å²) in [5.41, 5.74) is 5.31. The van der Waals surface area contributed by atoms with E-state index in [0.717, 1.165) is 11.3 Å². The van der Waals surface area contributed by atoms with E-state index in [4.69, 9.17) is 5.73 Å². The van der Waals surface area contributed by atoms with Gasteiger partial charge in [-0.3, -0.25) is 4.79 Å². The van der Waals surface area contributed by atoms with Crippen molar-refractivity contribution in [3.63, 3.8) is 0 Å². The predicted molar refractivity (Wildman–Crippen MR) is 49.1 cm³/mol. The highest BCUT2D eigenvalue weighted by Gasteiger charge is 2.44. The number of rotatable bonds is 2. The molecule has 1 saturated heterocycles. The van der Waals surface area contributed by atoms with Crippen molar-refractivity contribution in [2.45, 2.75) is 37.9 Å². The monoisotopic (exact) mass is 224 g/mol. The molecule has 1 atom stereocenters. The summed E-state index contributed by atoms with van der Waals surface area (Å²) >= 11 is 0. The second kappa shape index (κ2) is 4.83. The van der Waals surface area contributed by atoms with E-state index >= 15 is 0 Å². The Bertz CT molecular complexity index is 228. The highest BCUT2D eigenvalue weighted by Crippen LogP contribution is 2.26. The predicted octanol–water partition coefficient (Wildman–Crippen LogP) is 1.28. The van der Waals surface area contributed by atoms with Crippen molar-refractivity contribution in [2.24, 2.45) is 5.73 Å². The molecule has 0 aromatic carbocycles. The summed E-state index contributed by atoms with van der Waals surface area (Å²) in [7, 11) is 0. The van der Waals surface area contributed by atoms with Gasteiger partial charge in [0.15, 0.2) is 0 Å². The van der Waals surface area contributed by atoms with Crippen LogP contribution in [0, 0.1) is 0 Å². The highest BCUT2D eigenvalue weighted by molar-refractivity contribution is 5.82. The lowest BCUT2D eigenvalue weighted by Gasteiger charge is -2.35. The van der Waals surface area contributed by atoms with E-state index in [1.807, 2.05) is 0 Å². The third-order valence-corrected chi connectivity index (χ3v) is 2.63. The summed E-state index contributed by atoms with van der Waals surface area (Å²) < 4.78 is 36.7. The third-order valence-electron chi connectivity index (χ3n) is 2.63. The fourth-order valence-corrected chi connectivity index (χ4v) is 1.92. The number of amides is 1. The van der Waals surface area contributed by atoms with E-state index < -0.39 is 12.1 Å². The molecular formula is C9H15F3N2O. The van der Waals surface area contributed by atoms with Crippen LogP contribution in [0.25, 0.3) is 0 Å². The smallest absolute Gasteiger partial charge is 0.332 e. The first-order valence-corrected chi connectivity index (χ1v) is 5.04. The second-order valence-corrected chi connectivity index (χ2v) is 3.72. The molecule has 1 fully saturated rings. The maximum absolute atomic E-state index is 12.2. The first kappa shape index (κ1) is 12.3. The lowest BCUT2D eigenvalue weighted by Crippen LogP contribution is -2.50. The number of carbonyl (C=O) groups is 1. The quantitative estimate of drug-likeness (QED) is 0.768. The molecule has 6 heteroatoms. The fourth-order valence-electron chi connectivity index (χ4n) is 1.92. The van der Waals surface area contributed by atoms with Crippen LogP contribution in [0.3, 0.4) is 0 Å². The lowest BCUT2D eigenvalue weighted by atomic mass is 9.99. The van der Waals surface area contributed by atoms with Crippen molar-refractivity contribution < 1.29 is 18.0 Å². The van der Waals surface area contributed by atoms with Crippen LogP contribution in [-0.4, -0.2) is 36.1 Å². The molecule has 0 aliphatic carbocycles. The van der Waals surface area contributed by atoms with Gasteiger partial charge >= 0.3 is 12.1 Å². The Hall–Kier alpha value is -0.780. The molecule has 88 valence electrons. The average Bonchev–Trinajstić information content (AvgIpc) is 2.17. The van der Waals surface area contributed by atoms with Gasteiger partial charge in [0.05, 0.1) is 0 Å². The van der Waals surface area contributed by atoms with Gasteiger partial charge in [-0.1, -0.05) is 0 Å². The van der Waals surface area contributed by atoms with Crippen LogP contribution >= 0.6 is 0 Å². The van der Waals surface area contributed by atoms with Gasteiger partial charge in [0.25, 0.3) is 0 Å². The number of nitrogens with zero attached hydrogens (tertiary/aromatic N) is 1. The van der Waals surface area contributed by atoms with Crippen molar-refractivity contribution in [3.8, 4) is 0 Å². The van der Waals surface area contributed by atoms with Gasteiger partial charge in [-0.15, -0.1) is 0 Å². The molecule has 1 unspecified atom stereocenters. The van der Waals surface area contributed by atoms with Crippen molar-refractivity contribution in [1.82, 2.24) is 4.90 Å². The highest BCUT2D eigenvalue weighted by atomic mass is 19.4. The van der Waals surface area contributed by atoms with E-state index in [2.05, 4.69) is 0 Å². The van der Waals surface area contributed by atoms with Crippen molar-refractivity contribution in [1.29, 1.82) is 0 Å².